The van der Waals surface area contributed by atoms with Crippen LogP contribution >= 0.6 is 0 Å². The predicted molar refractivity (Wildman–Crippen MR) is 70.5 cm³/mol. The van der Waals surface area contributed by atoms with Crippen LogP contribution in [0.25, 0.3) is 0 Å². The number of para-hydroxylation sites is 1. The van der Waals surface area contributed by atoms with Crippen LogP contribution in [0.15, 0.2) is 18.2 Å². The molecule has 0 bridgehead atoms. The van der Waals surface area contributed by atoms with Crippen LogP contribution in [0.4, 0.5) is 0 Å². The number of phenolic OH excluding ortho intramolecular Hbond substituents is 1. The molecule has 0 aliphatic heterocycles. The Hall–Kier alpha value is -1.22. The summed E-state index contributed by atoms with van der Waals surface area (Å²) in [4.78, 5) is 2.34. The highest BCUT2D eigenvalue weighted by molar-refractivity contribution is 5.45. The maximum atomic E-state index is 10.0. The molecule has 3 nitrogen and oxygen atoms in total. The maximum Gasteiger partial charge on any atom is 0.162 e. The van der Waals surface area contributed by atoms with Crippen LogP contribution in [0.2, 0.25) is 0 Å². The highest BCUT2D eigenvalue weighted by Gasteiger charge is 2.14. The standard InChI is InChI=1S/C14H23NO2/c1-5-11(3)15(6-2)10-12-8-7-9-13(17-4)14(12)16/h7-9,11,16H,5-6,10H2,1-4H3. The number of hydrogen-bond donors (Lipinski definition) is 1. The second-order valence-electron chi connectivity index (χ2n) is 4.29. The van der Waals surface area contributed by atoms with Gasteiger partial charge in [0, 0.05) is 18.2 Å². The van der Waals surface area contributed by atoms with E-state index in [1.54, 1.807) is 13.2 Å². The summed E-state index contributed by atoms with van der Waals surface area (Å²) in [5.41, 5.74) is 0.923. The fourth-order valence-electron chi connectivity index (χ4n) is 1.92. The fraction of sp³-hybridized carbons (Fsp3) is 0.571. The van der Waals surface area contributed by atoms with E-state index in [1.165, 1.54) is 0 Å². The number of benzene rings is 1. The van der Waals surface area contributed by atoms with Gasteiger partial charge in [-0.3, -0.25) is 4.90 Å². The van der Waals surface area contributed by atoms with Crippen molar-refractivity contribution in [3.63, 3.8) is 0 Å². The van der Waals surface area contributed by atoms with Gasteiger partial charge in [-0.1, -0.05) is 26.0 Å². The average Bonchev–Trinajstić information content (AvgIpc) is 2.36. The smallest absolute Gasteiger partial charge is 0.162 e. The summed E-state index contributed by atoms with van der Waals surface area (Å²) in [6, 6.07) is 6.16. The van der Waals surface area contributed by atoms with Gasteiger partial charge in [-0.2, -0.15) is 0 Å². The largest absolute Gasteiger partial charge is 0.504 e. The topological polar surface area (TPSA) is 32.7 Å². The summed E-state index contributed by atoms with van der Waals surface area (Å²) in [7, 11) is 1.57. The van der Waals surface area contributed by atoms with Crippen LogP contribution in [0.3, 0.4) is 0 Å². The van der Waals surface area contributed by atoms with E-state index >= 15 is 0 Å². The lowest BCUT2D eigenvalue weighted by Gasteiger charge is -2.27. The van der Waals surface area contributed by atoms with Crippen LogP contribution in [-0.4, -0.2) is 29.7 Å². The molecule has 0 aliphatic rings. The summed E-state index contributed by atoms with van der Waals surface area (Å²) < 4.78 is 5.12. The lowest BCUT2D eigenvalue weighted by atomic mass is 10.1. The molecule has 0 saturated carbocycles. The Morgan fingerprint density at radius 1 is 1.35 bits per heavy atom. The summed E-state index contributed by atoms with van der Waals surface area (Å²) in [6.07, 6.45) is 1.11. The van der Waals surface area contributed by atoms with E-state index in [1.807, 2.05) is 12.1 Å². The van der Waals surface area contributed by atoms with Crippen molar-refractivity contribution < 1.29 is 9.84 Å². The van der Waals surface area contributed by atoms with Crippen molar-refractivity contribution in [2.45, 2.75) is 39.8 Å². The zero-order chi connectivity index (χ0) is 12.8. The molecule has 17 heavy (non-hydrogen) atoms. The first-order valence-electron chi connectivity index (χ1n) is 6.22. The molecule has 1 aromatic carbocycles. The maximum absolute atomic E-state index is 10.0. The third kappa shape index (κ3) is 3.37. The molecule has 0 radical (unpaired) electrons. The molecule has 0 fully saturated rings. The van der Waals surface area contributed by atoms with Crippen LogP contribution in [-0.2, 0) is 6.54 Å². The Morgan fingerprint density at radius 3 is 2.59 bits per heavy atom. The zero-order valence-corrected chi connectivity index (χ0v) is 11.2. The van der Waals surface area contributed by atoms with Crippen LogP contribution in [0.1, 0.15) is 32.8 Å². The van der Waals surface area contributed by atoms with Crippen LogP contribution in [0, 0.1) is 0 Å². The molecule has 0 spiro atoms. The van der Waals surface area contributed by atoms with Gasteiger partial charge in [0.15, 0.2) is 11.5 Å². The molecule has 96 valence electrons. The van der Waals surface area contributed by atoms with Gasteiger partial charge >= 0.3 is 0 Å². The molecule has 1 unspecified atom stereocenters. The highest BCUT2D eigenvalue weighted by atomic mass is 16.5. The van der Waals surface area contributed by atoms with Gasteiger partial charge in [-0.15, -0.1) is 0 Å². The van der Waals surface area contributed by atoms with Crippen molar-refractivity contribution in [1.29, 1.82) is 0 Å². The van der Waals surface area contributed by atoms with Gasteiger partial charge in [0.25, 0.3) is 0 Å². The number of nitrogens with zero attached hydrogens (tertiary/aromatic N) is 1. The SMILES string of the molecule is CCC(C)N(CC)Cc1cccc(OC)c1O. The van der Waals surface area contributed by atoms with Gasteiger partial charge in [-0.25, -0.2) is 0 Å². The Labute approximate surface area is 104 Å². The first-order valence-corrected chi connectivity index (χ1v) is 6.22. The zero-order valence-electron chi connectivity index (χ0n) is 11.2. The molecule has 0 saturated heterocycles. The Balaban J connectivity index is 2.86. The number of hydrogen-bond acceptors (Lipinski definition) is 3. The summed E-state index contributed by atoms with van der Waals surface area (Å²) >= 11 is 0. The first kappa shape index (κ1) is 13.8. The minimum Gasteiger partial charge on any atom is -0.504 e. The minimum atomic E-state index is 0.261. The number of methoxy groups -OCH3 is 1. The normalized spacial score (nSPS) is 12.8. The Morgan fingerprint density at radius 2 is 2.06 bits per heavy atom. The van der Waals surface area contributed by atoms with Gasteiger partial charge in [0.1, 0.15) is 0 Å². The lowest BCUT2D eigenvalue weighted by molar-refractivity contribution is 0.203. The molecule has 0 amide bonds. The second kappa shape index (κ2) is 6.50. The fourth-order valence-corrected chi connectivity index (χ4v) is 1.92. The minimum absolute atomic E-state index is 0.261. The van der Waals surface area contributed by atoms with Gasteiger partial charge in [-0.05, 0) is 26.0 Å². The Kier molecular flexibility index (Phi) is 5.29. The number of aromatic hydroxyl groups is 1. The lowest BCUT2D eigenvalue weighted by Crippen LogP contribution is -2.31. The highest BCUT2D eigenvalue weighted by Crippen LogP contribution is 2.30. The molecular weight excluding hydrogens is 214 g/mol. The average molecular weight is 237 g/mol. The van der Waals surface area contributed by atoms with Crippen molar-refractivity contribution in [3.05, 3.63) is 23.8 Å². The van der Waals surface area contributed by atoms with Crippen LogP contribution in [0.5, 0.6) is 11.5 Å². The number of rotatable bonds is 6. The molecule has 1 atom stereocenters. The van der Waals surface area contributed by atoms with E-state index in [9.17, 15) is 5.11 Å². The van der Waals surface area contributed by atoms with Crippen molar-refractivity contribution >= 4 is 0 Å². The summed E-state index contributed by atoms with van der Waals surface area (Å²) in [5, 5.41) is 10.0. The van der Waals surface area contributed by atoms with Gasteiger partial charge < -0.3 is 9.84 Å². The third-order valence-corrected chi connectivity index (χ3v) is 3.30. The van der Waals surface area contributed by atoms with Gasteiger partial charge in [0.2, 0.25) is 0 Å². The molecular formula is C14H23NO2. The van der Waals surface area contributed by atoms with E-state index < -0.39 is 0 Å². The predicted octanol–water partition coefficient (Wildman–Crippen LogP) is 3.02. The second-order valence-corrected chi connectivity index (χ2v) is 4.29. The Bertz CT molecular complexity index is 352. The molecule has 1 rings (SSSR count). The monoisotopic (exact) mass is 237 g/mol. The number of phenols is 1. The van der Waals surface area contributed by atoms with Crippen molar-refractivity contribution in [2.75, 3.05) is 13.7 Å². The van der Waals surface area contributed by atoms with Gasteiger partial charge in [0.05, 0.1) is 7.11 Å². The molecule has 3 heteroatoms. The summed E-state index contributed by atoms with van der Waals surface area (Å²) in [5.74, 6) is 0.805. The summed E-state index contributed by atoms with van der Waals surface area (Å²) in [6.45, 7) is 8.27. The van der Waals surface area contributed by atoms with E-state index in [2.05, 4.69) is 25.7 Å². The quantitative estimate of drug-likeness (QED) is 0.825. The number of ether oxygens (including phenoxy) is 1. The first-order chi connectivity index (χ1) is 8.13. The molecule has 1 N–H and O–H groups in total. The van der Waals surface area contributed by atoms with Crippen molar-refractivity contribution in [2.24, 2.45) is 0 Å². The van der Waals surface area contributed by atoms with Crippen LogP contribution < -0.4 is 4.74 Å². The van der Waals surface area contributed by atoms with Crippen molar-refractivity contribution in [1.82, 2.24) is 4.90 Å². The van der Waals surface area contributed by atoms with E-state index in [4.69, 9.17) is 4.74 Å². The molecule has 0 heterocycles. The molecule has 0 aromatic heterocycles. The van der Waals surface area contributed by atoms with E-state index in [0.29, 0.717) is 11.8 Å². The van der Waals surface area contributed by atoms with E-state index in [0.717, 1.165) is 25.1 Å². The third-order valence-electron chi connectivity index (χ3n) is 3.30. The molecule has 1 aromatic rings. The van der Waals surface area contributed by atoms with E-state index in [-0.39, 0.29) is 5.75 Å². The molecule has 0 aliphatic carbocycles. The van der Waals surface area contributed by atoms with Crippen molar-refractivity contribution in [3.8, 4) is 11.5 Å².